The molecule has 0 saturated carbocycles. The van der Waals surface area contributed by atoms with Crippen LogP contribution >= 0.6 is 11.6 Å². The number of hydrogen-bond donors (Lipinski definition) is 3. The van der Waals surface area contributed by atoms with E-state index in [1.165, 1.54) is 0 Å². The number of rotatable bonds is 5. The summed E-state index contributed by atoms with van der Waals surface area (Å²) < 4.78 is 5.80. The summed E-state index contributed by atoms with van der Waals surface area (Å²) >= 11 is 5.97. The highest BCUT2D eigenvalue weighted by atomic mass is 35.5. The molecule has 20 heavy (non-hydrogen) atoms. The van der Waals surface area contributed by atoms with Crippen LogP contribution in [0.3, 0.4) is 0 Å². The SMILES string of the molecule is CCCO[C@@H]1CNCC[C@H]1NC(=O)c1cc(Cl)c(C)[nH]1. The summed E-state index contributed by atoms with van der Waals surface area (Å²) in [6.07, 6.45) is 1.87. The van der Waals surface area contributed by atoms with Gasteiger partial charge in [0.2, 0.25) is 0 Å². The monoisotopic (exact) mass is 299 g/mol. The van der Waals surface area contributed by atoms with Crippen molar-refractivity contribution >= 4 is 17.5 Å². The van der Waals surface area contributed by atoms with Crippen molar-refractivity contribution in [3.8, 4) is 0 Å². The molecule has 1 aliphatic rings. The molecule has 1 saturated heterocycles. The Morgan fingerprint density at radius 2 is 2.40 bits per heavy atom. The van der Waals surface area contributed by atoms with E-state index in [1.54, 1.807) is 6.07 Å². The second-order valence-electron chi connectivity index (χ2n) is 5.14. The van der Waals surface area contributed by atoms with Crippen LogP contribution in [-0.2, 0) is 4.74 Å². The molecule has 6 heteroatoms. The summed E-state index contributed by atoms with van der Waals surface area (Å²) in [6, 6.07) is 1.70. The summed E-state index contributed by atoms with van der Waals surface area (Å²) in [5, 5.41) is 6.92. The number of amides is 1. The standard InChI is InChI=1S/C14H22ClN3O2/c1-3-6-20-13-8-16-5-4-11(13)18-14(19)12-7-10(15)9(2)17-12/h7,11,13,16-17H,3-6,8H2,1-2H3,(H,18,19)/t11-,13-/m1/s1. The lowest BCUT2D eigenvalue weighted by Crippen LogP contribution is -2.53. The normalized spacial score (nSPS) is 22.8. The molecule has 1 aromatic heterocycles. The minimum absolute atomic E-state index is 0.0270. The van der Waals surface area contributed by atoms with Gasteiger partial charge in [0.15, 0.2) is 0 Å². The van der Waals surface area contributed by atoms with Crippen molar-refractivity contribution in [3.05, 3.63) is 22.5 Å². The van der Waals surface area contributed by atoms with Crippen LogP contribution in [0.15, 0.2) is 6.07 Å². The maximum Gasteiger partial charge on any atom is 0.268 e. The van der Waals surface area contributed by atoms with Crippen molar-refractivity contribution in [1.82, 2.24) is 15.6 Å². The summed E-state index contributed by atoms with van der Waals surface area (Å²) in [7, 11) is 0. The molecule has 112 valence electrons. The Bertz CT molecular complexity index is 442. The average molecular weight is 300 g/mol. The minimum Gasteiger partial charge on any atom is -0.375 e. The number of aromatic nitrogens is 1. The van der Waals surface area contributed by atoms with E-state index in [4.69, 9.17) is 16.3 Å². The lowest BCUT2D eigenvalue weighted by molar-refractivity contribution is 0.0142. The van der Waals surface area contributed by atoms with Gasteiger partial charge in [-0.1, -0.05) is 18.5 Å². The molecule has 2 atom stereocenters. The van der Waals surface area contributed by atoms with Gasteiger partial charge < -0.3 is 20.4 Å². The Kier molecular flexibility index (Phi) is 5.46. The third kappa shape index (κ3) is 3.75. The van der Waals surface area contributed by atoms with E-state index in [0.29, 0.717) is 17.3 Å². The summed E-state index contributed by atoms with van der Waals surface area (Å²) in [5.74, 6) is -0.128. The van der Waals surface area contributed by atoms with E-state index >= 15 is 0 Å². The van der Waals surface area contributed by atoms with Crippen LogP contribution in [0.25, 0.3) is 0 Å². The highest BCUT2D eigenvalue weighted by Crippen LogP contribution is 2.16. The van der Waals surface area contributed by atoms with Crippen LogP contribution in [0, 0.1) is 6.92 Å². The molecule has 2 rings (SSSR count). The van der Waals surface area contributed by atoms with Gasteiger partial charge in [0.1, 0.15) is 5.69 Å². The smallest absolute Gasteiger partial charge is 0.268 e. The van der Waals surface area contributed by atoms with Crippen LogP contribution in [0.2, 0.25) is 5.02 Å². The molecule has 0 unspecified atom stereocenters. The van der Waals surface area contributed by atoms with Crippen LogP contribution in [0.4, 0.5) is 0 Å². The van der Waals surface area contributed by atoms with E-state index < -0.39 is 0 Å². The van der Waals surface area contributed by atoms with Crippen LogP contribution in [0.1, 0.15) is 35.9 Å². The maximum atomic E-state index is 12.2. The molecule has 1 aromatic rings. The first kappa shape index (κ1) is 15.4. The topological polar surface area (TPSA) is 66.2 Å². The van der Waals surface area contributed by atoms with Crippen LogP contribution < -0.4 is 10.6 Å². The molecule has 0 bridgehead atoms. The molecular formula is C14H22ClN3O2. The number of carbonyl (C=O) groups excluding carboxylic acids is 1. The van der Waals surface area contributed by atoms with Crippen molar-refractivity contribution in [2.45, 2.75) is 38.8 Å². The molecule has 0 spiro atoms. The van der Waals surface area contributed by atoms with Crippen LogP contribution in [0.5, 0.6) is 0 Å². The molecule has 0 aliphatic carbocycles. The zero-order valence-corrected chi connectivity index (χ0v) is 12.7. The van der Waals surface area contributed by atoms with E-state index in [2.05, 4.69) is 22.5 Å². The van der Waals surface area contributed by atoms with Crippen molar-refractivity contribution < 1.29 is 9.53 Å². The zero-order chi connectivity index (χ0) is 14.5. The molecule has 1 aliphatic heterocycles. The number of H-pyrrole nitrogens is 1. The molecular weight excluding hydrogens is 278 g/mol. The highest BCUT2D eigenvalue weighted by Gasteiger charge is 2.27. The summed E-state index contributed by atoms with van der Waals surface area (Å²) in [5.41, 5.74) is 1.31. The Balaban J connectivity index is 1.97. The van der Waals surface area contributed by atoms with Gasteiger partial charge >= 0.3 is 0 Å². The highest BCUT2D eigenvalue weighted by molar-refractivity contribution is 6.31. The van der Waals surface area contributed by atoms with E-state index in [9.17, 15) is 4.79 Å². The second-order valence-corrected chi connectivity index (χ2v) is 5.55. The average Bonchev–Trinajstić information content (AvgIpc) is 2.78. The predicted molar refractivity (Wildman–Crippen MR) is 79.3 cm³/mol. The van der Waals surface area contributed by atoms with Gasteiger partial charge in [-0.3, -0.25) is 4.79 Å². The Labute approximate surface area is 124 Å². The third-order valence-corrected chi connectivity index (χ3v) is 3.87. The number of aromatic amines is 1. The second kappa shape index (κ2) is 7.11. The molecule has 0 aromatic carbocycles. The lowest BCUT2D eigenvalue weighted by Gasteiger charge is -2.32. The third-order valence-electron chi connectivity index (χ3n) is 3.48. The Morgan fingerprint density at radius 3 is 3.05 bits per heavy atom. The van der Waals surface area contributed by atoms with Crippen molar-refractivity contribution in [1.29, 1.82) is 0 Å². The first-order chi connectivity index (χ1) is 9.61. The molecule has 3 N–H and O–H groups in total. The fraction of sp³-hybridized carbons (Fsp3) is 0.643. The number of carbonyl (C=O) groups is 1. The zero-order valence-electron chi connectivity index (χ0n) is 12.0. The fourth-order valence-corrected chi connectivity index (χ4v) is 2.50. The first-order valence-corrected chi connectivity index (χ1v) is 7.48. The molecule has 1 amide bonds. The Morgan fingerprint density at radius 1 is 1.60 bits per heavy atom. The quantitative estimate of drug-likeness (QED) is 0.777. The fourth-order valence-electron chi connectivity index (χ4n) is 2.34. The van der Waals surface area contributed by atoms with E-state index in [1.807, 2.05) is 6.92 Å². The van der Waals surface area contributed by atoms with Crippen LogP contribution in [-0.4, -0.2) is 42.7 Å². The number of hydrogen-bond acceptors (Lipinski definition) is 3. The summed E-state index contributed by atoms with van der Waals surface area (Å²) in [6.45, 7) is 6.30. The number of nitrogens with one attached hydrogen (secondary N) is 3. The number of ether oxygens (including phenoxy) is 1. The molecule has 0 radical (unpaired) electrons. The van der Waals surface area contributed by atoms with E-state index in [0.717, 1.165) is 31.6 Å². The van der Waals surface area contributed by atoms with Gasteiger partial charge in [-0.25, -0.2) is 0 Å². The molecule has 1 fully saturated rings. The summed E-state index contributed by atoms with van der Waals surface area (Å²) in [4.78, 5) is 15.2. The van der Waals surface area contributed by atoms with Crippen molar-refractivity contribution in [3.63, 3.8) is 0 Å². The maximum absolute atomic E-state index is 12.2. The number of piperidine rings is 1. The first-order valence-electron chi connectivity index (χ1n) is 7.10. The molecule has 5 nitrogen and oxygen atoms in total. The number of halogens is 1. The van der Waals surface area contributed by atoms with Gasteiger partial charge in [-0.2, -0.15) is 0 Å². The van der Waals surface area contributed by atoms with Gasteiger partial charge in [0.05, 0.1) is 17.2 Å². The largest absolute Gasteiger partial charge is 0.375 e. The number of aryl methyl sites for hydroxylation is 1. The van der Waals surface area contributed by atoms with Crippen molar-refractivity contribution in [2.24, 2.45) is 0 Å². The van der Waals surface area contributed by atoms with Gasteiger partial charge in [-0.15, -0.1) is 0 Å². The molecule has 2 heterocycles. The van der Waals surface area contributed by atoms with Gasteiger partial charge in [-0.05, 0) is 32.4 Å². The Hall–Kier alpha value is -1.04. The lowest BCUT2D eigenvalue weighted by atomic mass is 10.0. The van der Waals surface area contributed by atoms with Gasteiger partial charge in [0.25, 0.3) is 5.91 Å². The minimum atomic E-state index is -0.128. The van der Waals surface area contributed by atoms with E-state index in [-0.39, 0.29) is 18.1 Å². The van der Waals surface area contributed by atoms with Gasteiger partial charge in [0, 0.05) is 18.8 Å². The van der Waals surface area contributed by atoms with Crippen molar-refractivity contribution in [2.75, 3.05) is 19.7 Å². The predicted octanol–water partition coefficient (Wildman–Crippen LogP) is 1.86.